The Morgan fingerprint density at radius 1 is 1.38 bits per heavy atom. The van der Waals surface area contributed by atoms with Crippen LogP contribution in [-0.4, -0.2) is 19.7 Å². The van der Waals surface area contributed by atoms with E-state index < -0.39 is 11.8 Å². The van der Waals surface area contributed by atoms with E-state index in [0.29, 0.717) is 11.3 Å². The summed E-state index contributed by atoms with van der Waals surface area (Å²) >= 11 is 0. The summed E-state index contributed by atoms with van der Waals surface area (Å²) < 4.78 is 22.7. The summed E-state index contributed by atoms with van der Waals surface area (Å²) in [5.74, 6) is -1.18. The molecule has 1 aromatic carbocycles. The Bertz CT molecular complexity index is 382. The van der Waals surface area contributed by atoms with Gasteiger partial charge in [0.25, 0.3) is 0 Å². The maximum Gasteiger partial charge on any atom is 0.367 e. The van der Waals surface area contributed by atoms with Gasteiger partial charge in [0.15, 0.2) is 0 Å². The van der Waals surface area contributed by atoms with Crippen LogP contribution >= 0.6 is 0 Å². The second-order valence-corrected chi connectivity index (χ2v) is 2.99. The zero-order valence-electron chi connectivity index (χ0n) is 9.20. The summed E-state index contributed by atoms with van der Waals surface area (Å²) in [6.07, 6.45) is 1.12. The number of ether oxygens (including phenoxy) is 2. The lowest BCUT2D eigenvalue weighted by atomic mass is 10.2. The lowest BCUT2D eigenvalue weighted by molar-refractivity contribution is -0.140. The minimum Gasteiger partial charge on any atom is -0.497 e. The van der Waals surface area contributed by atoms with E-state index in [4.69, 9.17) is 4.74 Å². The van der Waals surface area contributed by atoms with Crippen LogP contribution in [0.2, 0.25) is 0 Å². The van der Waals surface area contributed by atoms with Gasteiger partial charge in [-0.1, -0.05) is 12.1 Å². The van der Waals surface area contributed by atoms with Gasteiger partial charge in [-0.2, -0.15) is 4.39 Å². The third-order valence-corrected chi connectivity index (χ3v) is 1.88. The molecule has 1 aromatic rings. The molecular weight excluding hydrogens is 211 g/mol. The fourth-order valence-corrected chi connectivity index (χ4v) is 1.11. The number of carbonyl (C=O) groups is 1. The van der Waals surface area contributed by atoms with Crippen molar-refractivity contribution in [2.75, 3.05) is 13.7 Å². The average Bonchev–Trinajstić information content (AvgIpc) is 2.30. The van der Waals surface area contributed by atoms with E-state index in [1.807, 2.05) is 0 Å². The van der Waals surface area contributed by atoms with Gasteiger partial charge in [-0.05, 0) is 30.7 Å². The van der Waals surface area contributed by atoms with Crippen molar-refractivity contribution in [3.63, 3.8) is 0 Å². The topological polar surface area (TPSA) is 35.5 Å². The van der Waals surface area contributed by atoms with Gasteiger partial charge in [-0.25, -0.2) is 4.79 Å². The van der Waals surface area contributed by atoms with Gasteiger partial charge in [-0.3, -0.25) is 0 Å². The monoisotopic (exact) mass is 224 g/mol. The third-order valence-electron chi connectivity index (χ3n) is 1.88. The molecule has 0 aliphatic rings. The maximum atomic E-state index is 13.2. The summed E-state index contributed by atoms with van der Waals surface area (Å²) in [5.41, 5.74) is 0.575. The molecule has 0 unspecified atom stereocenters. The number of benzene rings is 1. The molecule has 0 saturated carbocycles. The normalized spacial score (nSPS) is 11.1. The molecule has 0 aromatic heterocycles. The van der Waals surface area contributed by atoms with Gasteiger partial charge in [0.05, 0.1) is 13.7 Å². The van der Waals surface area contributed by atoms with Crippen LogP contribution < -0.4 is 4.74 Å². The van der Waals surface area contributed by atoms with E-state index in [9.17, 15) is 9.18 Å². The predicted molar refractivity (Wildman–Crippen MR) is 58.7 cm³/mol. The predicted octanol–water partition coefficient (Wildman–Crippen LogP) is 2.57. The number of halogens is 1. The van der Waals surface area contributed by atoms with Crippen molar-refractivity contribution < 1.29 is 18.7 Å². The zero-order valence-corrected chi connectivity index (χ0v) is 9.20. The molecule has 1 rings (SSSR count). The van der Waals surface area contributed by atoms with E-state index in [2.05, 4.69) is 4.74 Å². The van der Waals surface area contributed by atoms with Gasteiger partial charge < -0.3 is 9.47 Å². The van der Waals surface area contributed by atoms with Crippen LogP contribution in [0.3, 0.4) is 0 Å². The Labute approximate surface area is 93.5 Å². The first-order valence-corrected chi connectivity index (χ1v) is 4.85. The van der Waals surface area contributed by atoms with Gasteiger partial charge in [-0.15, -0.1) is 0 Å². The molecular formula is C12H13FO3. The lowest BCUT2D eigenvalue weighted by Crippen LogP contribution is -2.03. The Hall–Kier alpha value is -1.84. The fourth-order valence-electron chi connectivity index (χ4n) is 1.11. The Morgan fingerprint density at radius 3 is 2.50 bits per heavy atom. The Morgan fingerprint density at radius 2 is 2.00 bits per heavy atom. The van der Waals surface area contributed by atoms with Gasteiger partial charge in [0.1, 0.15) is 5.75 Å². The minimum absolute atomic E-state index is 0.155. The van der Waals surface area contributed by atoms with E-state index in [-0.39, 0.29) is 6.61 Å². The molecule has 0 heterocycles. The Kier molecular flexibility index (Phi) is 4.51. The average molecular weight is 224 g/mol. The highest BCUT2D eigenvalue weighted by atomic mass is 19.1. The minimum atomic E-state index is -0.946. The highest BCUT2D eigenvalue weighted by molar-refractivity contribution is 5.91. The van der Waals surface area contributed by atoms with Gasteiger partial charge >= 0.3 is 5.97 Å². The van der Waals surface area contributed by atoms with Crippen LogP contribution in [-0.2, 0) is 9.53 Å². The van der Waals surface area contributed by atoms with E-state index >= 15 is 0 Å². The molecule has 0 saturated heterocycles. The number of carbonyl (C=O) groups excluding carboxylic acids is 1. The third kappa shape index (κ3) is 3.38. The van der Waals surface area contributed by atoms with Crippen molar-refractivity contribution in [2.45, 2.75) is 6.92 Å². The highest BCUT2D eigenvalue weighted by Crippen LogP contribution is 2.14. The SMILES string of the molecule is CCOC(=O)C(F)=Cc1ccc(OC)cc1. The number of hydrogen-bond acceptors (Lipinski definition) is 3. The number of esters is 1. The summed E-state index contributed by atoms with van der Waals surface area (Å²) in [5, 5.41) is 0. The summed E-state index contributed by atoms with van der Waals surface area (Å²) in [7, 11) is 1.55. The highest BCUT2D eigenvalue weighted by Gasteiger charge is 2.08. The van der Waals surface area contributed by atoms with E-state index in [0.717, 1.165) is 6.08 Å². The zero-order chi connectivity index (χ0) is 12.0. The van der Waals surface area contributed by atoms with Crippen LogP contribution in [0.4, 0.5) is 4.39 Å². The van der Waals surface area contributed by atoms with Crippen LogP contribution in [0.1, 0.15) is 12.5 Å². The summed E-state index contributed by atoms with van der Waals surface area (Å²) in [6, 6.07) is 6.67. The molecule has 0 atom stereocenters. The van der Waals surface area contributed by atoms with Crippen molar-refractivity contribution in [3.8, 4) is 5.75 Å². The number of methoxy groups -OCH3 is 1. The van der Waals surface area contributed by atoms with Crippen molar-refractivity contribution in [3.05, 3.63) is 35.7 Å². The maximum absolute atomic E-state index is 13.2. The van der Waals surface area contributed by atoms with E-state index in [1.165, 1.54) is 0 Å². The molecule has 0 amide bonds. The second kappa shape index (κ2) is 5.90. The lowest BCUT2D eigenvalue weighted by Gasteiger charge is -2.00. The number of rotatable bonds is 4. The first-order chi connectivity index (χ1) is 7.67. The standard InChI is InChI=1S/C12H13FO3/c1-3-16-12(14)11(13)8-9-4-6-10(15-2)7-5-9/h4-8H,3H2,1-2H3. The quantitative estimate of drug-likeness (QED) is 0.582. The largest absolute Gasteiger partial charge is 0.497 e. The van der Waals surface area contributed by atoms with Crippen LogP contribution in [0.25, 0.3) is 6.08 Å². The van der Waals surface area contributed by atoms with Crippen molar-refractivity contribution >= 4 is 12.0 Å². The molecule has 3 nitrogen and oxygen atoms in total. The summed E-state index contributed by atoms with van der Waals surface area (Å²) in [6.45, 7) is 1.78. The van der Waals surface area contributed by atoms with Crippen molar-refractivity contribution in [2.24, 2.45) is 0 Å². The molecule has 0 aliphatic carbocycles. The number of hydrogen-bond donors (Lipinski definition) is 0. The van der Waals surface area contributed by atoms with Crippen LogP contribution in [0.5, 0.6) is 5.75 Å². The second-order valence-electron chi connectivity index (χ2n) is 2.99. The summed E-state index contributed by atoms with van der Waals surface area (Å²) in [4.78, 5) is 11.0. The van der Waals surface area contributed by atoms with Crippen molar-refractivity contribution in [1.29, 1.82) is 0 Å². The van der Waals surface area contributed by atoms with Crippen molar-refractivity contribution in [1.82, 2.24) is 0 Å². The molecule has 0 bridgehead atoms. The molecule has 0 aliphatic heterocycles. The fraction of sp³-hybridized carbons (Fsp3) is 0.250. The molecule has 0 spiro atoms. The van der Waals surface area contributed by atoms with Crippen LogP contribution in [0, 0.1) is 0 Å². The molecule has 0 N–H and O–H groups in total. The first-order valence-electron chi connectivity index (χ1n) is 4.85. The van der Waals surface area contributed by atoms with Gasteiger partial charge in [0, 0.05) is 0 Å². The smallest absolute Gasteiger partial charge is 0.367 e. The van der Waals surface area contributed by atoms with Gasteiger partial charge in [0.2, 0.25) is 5.83 Å². The molecule has 4 heteroatoms. The molecule has 0 fully saturated rings. The molecule has 16 heavy (non-hydrogen) atoms. The van der Waals surface area contributed by atoms with Crippen LogP contribution in [0.15, 0.2) is 30.1 Å². The Balaban J connectivity index is 2.77. The molecule has 0 radical (unpaired) electrons. The van der Waals surface area contributed by atoms with E-state index in [1.54, 1.807) is 38.3 Å². The molecule has 86 valence electrons. The first kappa shape index (κ1) is 12.2.